The first-order valence-electron chi connectivity index (χ1n) is 21.3. The molecule has 0 bridgehead atoms. The standard InChI is InChI=1S/C54H67ClN2/c1-49(2,3)36-18-22-38(23-19-36)56(39-24-20-37(21-25-39)50(4,5)6)46-16-15-17-47(48(46)55)57(40-26-28-42-44(34-40)53(11,12)32-30-51(42,7)8)41-27-29-43-45(35-41)54(13,14)33-31-52(43,9)10/h15-29,34-35H,30-33H2,1-14H3. The lowest BCUT2D eigenvalue weighted by atomic mass is 9.63. The van der Waals surface area contributed by atoms with Gasteiger partial charge in [0.05, 0.1) is 16.4 Å². The fourth-order valence-corrected chi connectivity index (χ4v) is 9.66. The normalized spacial score (nSPS) is 18.0. The van der Waals surface area contributed by atoms with E-state index in [9.17, 15) is 0 Å². The summed E-state index contributed by atoms with van der Waals surface area (Å²) in [6, 6.07) is 39.1. The minimum Gasteiger partial charge on any atom is -0.309 e. The number of hydrogen-bond donors (Lipinski definition) is 0. The van der Waals surface area contributed by atoms with Crippen LogP contribution in [0.5, 0.6) is 0 Å². The van der Waals surface area contributed by atoms with Crippen molar-refractivity contribution in [1.82, 2.24) is 0 Å². The van der Waals surface area contributed by atoms with Gasteiger partial charge in [-0.1, -0.05) is 151 Å². The molecule has 2 aliphatic carbocycles. The van der Waals surface area contributed by atoms with Gasteiger partial charge in [0.25, 0.3) is 0 Å². The van der Waals surface area contributed by atoms with Crippen LogP contribution in [0.3, 0.4) is 0 Å². The molecule has 2 nitrogen and oxygen atoms in total. The van der Waals surface area contributed by atoms with Gasteiger partial charge in [-0.05, 0) is 152 Å². The molecule has 0 saturated carbocycles. The van der Waals surface area contributed by atoms with Gasteiger partial charge in [0.1, 0.15) is 0 Å². The average molecular weight is 780 g/mol. The Labute approximate surface area is 350 Å². The summed E-state index contributed by atoms with van der Waals surface area (Å²) in [5.74, 6) is 0. The molecule has 2 aliphatic rings. The summed E-state index contributed by atoms with van der Waals surface area (Å²) in [6.45, 7) is 32.9. The molecule has 0 aliphatic heterocycles. The van der Waals surface area contributed by atoms with Crippen LogP contribution in [0.2, 0.25) is 5.02 Å². The summed E-state index contributed by atoms with van der Waals surface area (Å²) < 4.78 is 0. The van der Waals surface area contributed by atoms with Gasteiger partial charge in [0.2, 0.25) is 0 Å². The molecule has 3 heteroatoms. The lowest BCUT2D eigenvalue weighted by Crippen LogP contribution is -2.34. The number of anilines is 6. The summed E-state index contributed by atoms with van der Waals surface area (Å²) in [5.41, 5.74) is 15.2. The van der Waals surface area contributed by atoms with Crippen LogP contribution in [0.4, 0.5) is 34.1 Å². The number of rotatable bonds is 6. The van der Waals surface area contributed by atoms with Crippen LogP contribution < -0.4 is 9.80 Å². The minimum absolute atomic E-state index is 0.0487. The zero-order chi connectivity index (χ0) is 41.5. The fourth-order valence-electron chi connectivity index (χ4n) is 9.36. The Kier molecular flexibility index (Phi) is 10.2. The Bertz CT molecular complexity index is 2140. The molecule has 5 aromatic carbocycles. The van der Waals surface area contributed by atoms with Crippen LogP contribution in [0.1, 0.15) is 156 Å². The van der Waals surface area contributed by atoms with Crippen molar-refractivity contribution in [3.8, 4) is 0 Å². The maximum Gasteiger partial charge on any atom is 0.0887 e. The van der Waals surface area contributed by atoms with Crippen molar-refractivity contribution in [2.45, 2.75) is 155 Å². The maximum absolute atomic E-state index is 7.91. The Balaban J connectivity index is 1.47. The monoisotopic (exact) mass is 778 g/mol. The van der Waals surface area contributed by atoms with Gasteiger partial charge in [-0.3, -0.25) is 0 Å². The van der Waals surface area contributed by atoms with Crippen molar-refractivity contribution in [2.75, 3.05) is 9.80 Å². The van der Waals surface area contributed by atoms with Crippen molar-refractivity contribution in [1.29, 1.82) is 0 Å². The van der Waals surface area contributed by atoms with Crippen molar-refractivity contribution in [3.63, 3.8) is 0 Å². The third-order valence-corrected chi connectivity index (χ3v) is 14.0. The van der Waals surface area contributed by atoms with Gasteiger partial charge >= 0.3 is 0 Å². The van der Waals surface area contributed by atoms with Crippen molar-refractivity contribution in [2.24, 2.45) is 0 Å². The Morgan fingerprint density at radius 3 is 1.04 bits per heavy atom. The summed E-state index contributed by atoms with van der Waals surface area (Å²) >= 11 is 7.91. The molecule has 0 unspecified atom stereocenters. The highest BCUT2D eigenvalue weighted by molar-refractivity contribution is 6.36. The Morgan fingerprint density at radius 2 is 0.702 bits per heavy atom. The van der Waals surface area contributed by atoms with Gasteiger partial charge < -0.3 is 9.80 Å². The quantitative estimate of drug-likeness (QED) is 0.169. The fraction of sp³-hybridized carbons (Fsp3) is 0.444. The van der Waals surface area contributed by atoms with Crippen molar-refractivity contribution < 1.29 is 0 Å². The van der Waals surface area contributed by atoms with Gasteiger partial charge in [-0.25, -0.2) is 0 Å². The van der Waals surface area contributed by atoms with E-state index in [2.05, 4.69) is 210 Å². The van der Waals surface area contributed by atoms with Crippen molar-refractivity contribution in [3.05, 3.63) is 142 Å². The molecule has 0 saturated heterocycles. The molecule has 0 fully saturated rings. The third kappa shape index (κ3) is 7.69. The average Bonchev–Trinajstić information content (AvgIpc) is 3.13. The van der Waals surface area contributed by atoms with Gasteiger partial charge in [-0.2, -0.15) is 0 Å². The van der Waals surface area contributed by atoms with E-state index in [1.807, 2.05) is 0 Å². The molecular formula is C54H67ClN2. The topological polar surface area (TPSA) is 6.48 Å². The summed E-state index contributed by atoms with van der Waals surface area (Å²) in [6.07, 6.45) is 4.68. The predicted octanol–water partition coefficient (Wildman–Crippen LogP) is 16.6. The largest absolute Gasteiger partial charge is 0.309 e. The second-order valence-electron chi connectivity index (χ2n) is 21.9. The SMILES string of the molecule is CC(C)(C)c1ccc(N(c2ccc(C(C)(C)C)cc2)c2cccc(N(c3ccc4c(c3)C(C)(C)CCC4(C)C)c3ccc4c(c3)C(C)(C)CCC4(C)C)c2Cl)cc1. The predicted molar refractivity (Wildman–Crippen MR) is 249 cm³/mol. The molecule has 0 aromatic heterocycles. The number of halogens is 1. The van der Waals surface area contributed by atoms with Gasteiger partial charge in [0.15, 0.2) is 0 Å². The molecule has 0 radical (unpaired) electrons. The molecule has 0 amide bonds. The summed E-state index contributed by atoms with van der Waals surface area (Å²) in [5, 5.41) is 0.715. The van der Waals surface area contributed by atoms with E-state index >= 15 is 0 Å². The lowest BCUT2D eigenvalue weighted by molar-refractivity contribution is 0.332. The molecule has 0 heterocycles. The first kappa shape index (κ1) is 41.2. The number of fused-ring (bicyclic) bond motifs is 2. The van der Waals surface area contributed by atoms with Crippen LogP contribution in [0, 0.1) is 0 Å². The van der Waals surface area contributed by atoms with E-state index in [-0.39, 0.29) is 32.5 Å². The van der Waals surface area contributed by atoms with Crippen molar-refractivity contribution >= 4 is 45.7 Å². The lowest BCUT2D eigenvalue weighted by Gasteiger charge is -2.43. The Morgan fingerprint density at radius 1 is 0.404 bits per heavy atom. The summed E-state index contributed by atoms with van der Waals surface area (Å²) in [7, 11) is 0. The minimum atomic E-state index is 0.0487. The van der Waals surface area contributed by atoms with Crippen LogP contribution in [-0.2, 0) is 32.5 Å². The molecule has 7 rings (SSSR count). The maximum atomic E-state index is 7.91. The molecule has 57 heavy (non-hydrogen) atoms. The number of benzene rings is 5. The first-order chi connectivity index (χ1) is 26.4. The first-order valence-corrected chi connectivity index (χ1v) is 21.7. The van der Waals surface area contributed by atoms with Crippen LogP contribution >= 0.6 is 11.6 Å². The number of nitrogens with zero attached hydrogens (tertiary/aromatic N) is 2. The van der Waals surface area contributed by atoms with E-state index in [0.29, 0.717) is 5.02 Å². The molecule has 0 N–H and O–H groups in total. The second-order valence-corrected chi connectivity index (χ2v) is 22.2. The van der Waals surface area contributed by atoms with Gasteiger partial charge in [-0.15, -0.1) is 0 Å². The van der Waals surface area contributed by atoms with E-state index in [1.54, 1.807) is 0 Å². The van der Waals surface area contributed by atoms with E-state index in [1.165, 1.54) is 46.2 Å². The molecule has 5 aromatic rings. The zero-order valence-corrected chi connectivity index (χ0v) is 38.2. The van der Waals surface area contributed by atoms with E-state index in [0.717, 1.165) is 47.0 Å². The molecule has 300 valence electrons. The van der Waals surface area contributed by atoms with E-state index in [4.69, 9.17) is 11.6 Å². The van der Waals surface area contributed by atoms with E-state index < -0.39 is 0 Å². The van der Waals surface area contributed by atoms with Gasteiger partial charge in [0, 0.05) is 22.7 Å². The Hall–Kier alpha value is -4.01. The highest BCUT2D eigenvalue weighted by Gasteiger charge is 2.39. The smallest absolute Gasteiger partial charge is 0.0887 e. The molecule has 0 atom stereocenters. The second kappa shape index (κ2) is 14.1. The highest BCUT2D eigenvalue weighted by Crippen LogP contribution is 2.53. The van der Waals surface area contributed by atoms with Crippen LogP contribution in [0.15, 0.2) is 103 Å². The third-order valence-electron chi connectivity index (χ3n) is 13.6. The van der Waals surface area contributed by atoms with Crippen LogP contribution in [0.25, 0.3) is 0 Å². The number of hydrogen-bond acceptors (Lipinski definition) is 2. The molecular weight excluding hydrogens is 712 g/mol. The zero-order valence-electron chi connectivity index (χ0n) is 37.4. The highest BCUT2D eigenvalue weighted by atomic mass is 35.5. The van der Waals surface area contributed by atoms with Crippen LogP contribution in [-0.4, -0.2) is 0 Å². The molecule has 0 spiro atoms. The summed E-state index contributed by atoms with van der Waals surface area (Å²) in [4.78, 5) is 4.77.